The molecule has 6 nitrogen and oxygen atoms in total. The molecule has 1 aromatic rings. The van der Waals surface area contributed by atoms with Crippen molar-refractivity contribution in [1.29, 1.82) is 0 Å². The first-order chi connectivity index (χ1) is 11.3. The third kappa shape index (κ3) is 4.07. The Morgan fingerprint density at radius 1 is 1.08 bits per heavy atom. The number of nitrogens with zero attached hydrogens (tertiary/aromatic N) is 1. The summed E-state index contributed by atoms with van der Waals surface area (Å²) < 4.78 is 82.7. The zero-order valence-electron chi connectivity index (χ0n) is 12.2. The summed E-state index contributed by atoms with van der Waals surface area (Å²) in [7, 11) is 0. The number of halogens is 6. The monoisotopic (exact) mass is 374 g/mol. The summed E-state index contributed by atoms with van der Waals surface area (Å²) in [6.45, 7) is -0.927. The first kappa shape index (κ1) is 19.1. The molecule has 4 N–H and O–H groups in total. The van der Waals surface area contributed by atoms with Crippen LogP contribution < -0.4 is 15.4 Å². The van der Waals surface area contributed by atoms with E-state index in [1.165, 1.54) is 0 Å². The molecular weight excluding hydrogens is 362 g/mol. The maximum atomic E-state index is 13.2. The second kappa shape index (κ2) is 6.26. The minimum Gasteiger partial charge on any atom is -0.408 e. The van der Waals surface area contributed by atoms with Crippen LogP contribution in [0.1, 0.15) is 11.1 Å². The van der Waals surface area contributed by atoms with Crippen molar-refractivity contribution in [2.45, 2.75) is 24.6 Å². The predicted octanol–water partition coefficient (Wildman–Crippen LogP) is 1.72. The molecule has 2 rings (SSSR count). The van der Waals surface area contributed by atoms with Gasteiger partial charge in [0.15, 0.2) is 5.75 Å². The lowest BCUT2D eigenvalue weighted by molar-refractivity contribution is -0.143. The van der Waals surface area contributed by atoms with Gasteiger partial charge >= 0.3 is 18.4 Å². The second-order valence-corrected chi connectivity index (χ2v) is 5.33. The average molecular weight is 374 g/mol. The summed E-state index contributed by atoms with van der Waals surface area (Å²) in [4.78, 5) is 11.8. The number of benzene rings is 1. The van der Waals surface area contributed by atoms with Gasteiger partial charge in [-0.2, -0.15) is 26.3 Å². The SMILES string of the molecule is NC(=O)Oc1c(N2C[C@@H](O)[C@@H](O)C2)cc(C(F)(F)F)cc1C(F)(F)F. The Kier molecular flexibility index (Phi) is 4.79. The first-order valence-corrected chi connectivity index (χ1v) is 6.71. The number of hydrogen-bond acceptors (Lipinski definition) is 5. The van der Waals surface area contributed by atoms with Crippen molar-refractivity contribution >= 4 is 11.8 Å². The molecule has 0 aliphatic carbocycles. The summed E-state index contributed by atoms with van der Waals surface area (Å²) in [6.07, 6.45) is -14.9. The number of β-amino-alcohol motifs (C(OH)–C–C–N with tert-alkyl or cyclic N) is 2. The number of amides is 1. The molecule has 0 spiro atoms. The molecule has 1 fully saturated rings. The molecule has 0 bridgehead atoms. The van der Waals surface area contributed by atoms with E-state index >= 15 is 0 Å². The van der Waals surface area contributed by atoms with Gasteiger partial charge in [-0.15, -0.1) is 0 Å². The van der Waals surface area contributed by atoms with Crippen LogP contribution in [0.5, 0.6) is 5.75 Å². The van der Waals surface area contributed by atoms with Crippen LogP contribution in [-0.2, 0) is 12.4 Å². The van der Waals surface area contributed by atoms with Gasteiger partial charge in [0.2, 0.25) is 0 Å². The number of carbonyl (C=O) groups excluding carboxylic acids is 1. The average Bonchev–Trinajstić information content (AvgIpc) is 2.75. The molecule has 0 unspecified atom stereocenters. The van der Waals surface area contributed by atoms with E-state index in [9.17, 15) is 41.4 Å². The predicted molar refractivity (Wildman–Crippen MR) is 70.9 cm³/mol. The molecule has 1 heterocycles. The molecule has 1 aromatic carbocycles. The van der Waals surface area contributed by atoms with E-state index in [2.05, 4.69) is 4.74 Å². The van der Waals surface area contributed by atoms with Crippen molar-refractivity contribution < 1.29 is 46.1 Å². The molecule has 12 heteroatoms. The highest BCUT2D eigenvalue weighted by Gasteiger charge is 2.43. The van der Waals surface area contributed by atoms with Gasteiger partial charge < -0.3 is 25.6 Å². The summed E-state index contributed by atoms with van der Waals surface area (Å²) in [5, 5.41) is 19.0. The van der Waals surface area contributed by atoms with Crippen LogP contribution in [0, 0.1) is 0 Å². The van der Waals surface area contributed by atoms with Gasteiger partial charge in [-0.3, -0.25) is 0 Å². The quantitative estimate of drug-likeness (QED) is 0.686. The van der Waals surface area contributed by atoms with Crippen LogP contribution in [0.2, 0.25) is 0 Å². The van der Waals surface area contributed by atoms with E-state index in [4.69, 9.17) is 5.73 Å². The molecule has 0 saturated carbocycles. The van der Waals surface area contributed by atoms with Gasteiger partial charge in [-0.25, -0.2) is 4.79 Å². The molecule has 0 radical (unpaired) electrons. The number of rotatable bonds is 2. The van der Waals surface area contributed by atoms with Gasteiger partial charge in [0.05, 0.1) is 23.5 Å². The van der Waals surface area contributed by atoms with Crippen LogP contribution in [0.25, 0.3) is 0 Å². The maximum absolute atomic E-state index is 13.2. The van der Waals surface area contributed by atoms with Gasteiger partial charge in [-0.1, -0.05) is 0 Å². The number of ether oxygens (including phenoxy) is 1. The Balaban J connectivity index is 2.70. The standard InChI is InChI=1S/C13H12F6N2O4/c14-12(15,16)5-1-6(13(17,18)19)10(25-11(20)24)7(2-5)21-3-8(22)9(23)4-21/h1-2,8-9,22-23H,3-4H2,(H2,20,24)/t8-,9+. The van der Waals surface area contributed by atoms with Crippen molar-refractivity contribution in [2.75, 3.05) is 18.0 Å². The summed E-state index contributed by atoms with van der Waals surface area (Å²) in [6, 6.07) is 0.128. The fourth-order valence-corrected chi connectivity index (χ4v) is 2.40. The number of primary amides is 1. The van der Waals surface area contributed by atoms with E-state index in [0.717, 1.165) is 4.90 Å². The fourth-order valence-electron chi connectivity index (χ4n) is 2.40. The van der Waals surface area contributed by atoms with Gasteiger partial charge in [0, 0.05) is 13.1 Å². The number of aliphatic hydroxyl groups is 2. The van der Waals surface area contributed by atoms with E-state index in [0.29, 0.717) is 6.07 Å². The normalized spacial score (nSPS) is 21.5. The highest BCUT2D eigenvalue weighted by Crippen LogP contribution is 2.46. The van der Waals surface area contributed by atoms with Crippen molar-refractivity contribution in [3.05, 3.63) is 23.3 Å². The Morgan fingerprint density at radius 2 is 1.60 bits per heavy atom. The number of carbonyl (C=O) groups is 1. The highest BCUT2D eigenvalue weighted by atomic mass is 19.4. The number of nitrogens with two attached hydrogens (primary N) is 1. The van der Waals surface area contributed by atoms with Crippen LogP contribution >= 0.6 is 0 Å². The van der Waals surface area contributed by atoms with Crippen LogP contribution in [0.3, 0.4) is 0 Å². The third-order valence-electron chi connectivity index (χ3n) is 3.50. The largest absolute Gasteiger partial charge is 0.420 e. The lowest BCUT2D eigenvalue weighted by Gasteiger charge is -2.25. The molecule has 140 valence electrons. The van der Waals surface area contributed by atoms with Crippen molar-refractivity contribution in [3.8, 4) is 5.75 Å². The molecule has 25 heavy (non-hydrogen) atoms. The molecule has 1 amide bonds. The topological polar surface area (TPSA) is 96.0 Å². The molecular formula is C13H12F6N2O4. The molecule has 2 atom stereocenters. The van der Waals surface area contributed by atoms with Crippen LogP contribution in [-0.4, -0.2) is 41.6 Å². The van der Waals surface area contributed by atoms with Crippen molar-refractivity contribution in [1.82, 2.24) is 0 Å². The number of aliphatic hydroxyl groups excluding tert-OH is 2. The zero-order valence-corrected chi connectivity index (χ0v) is 12.2. The maximum Gasteiger partial charge on any atom is 0.420 e. The number of alkyl halides is 6. The van der Waals surface area contributed by atoms with Crippen LogP contribution in [0.4, 0.5) is 36.8 Å². The Bertz CT molecular complexity index is 666. The molecule has 1 saturated heterocycles. The first-order valence-electron chi connectivity index (χ1n) is 6.71. The molecule has 1 aliphatic rings. The Hall–Kier alpha value is -2.21. The number of anilines is 1. The Morgan fingerprint density at radius 3 is 2.00 bits per heavy atom. The van der Waals surface area contributed by atoms with E-state index < -0.39 is 66.3 Å². The Labute approximate surface area is 136 Å². The zero-order chi connectivity index (χ0) is 19.2. The smallest absolute Gasteiger partial charge is 0.408 e. The van der Waals surface area contributed by atoms with E-state index in [1.54, 1.807) is 0 Å². The minimum absolute atomic E-state index is 0.204. The van der Waals surface area contributed by atoms with E-state index in [1.807, 2.05) is 0 Å². The van der Waals surface area contributed by atoms with E-state index in [-0.39, 0.29) is 6.07 Å². The third-order valence-corrected chi connectivity index (χ3v) is 3.50. The molecule has 0 aromatic heterocycles. The molecule has 1 aliphatic heterocycles. The summed E-state index contributed by atoms with van der Waals surface area (Å²) in [5.74, 6) is -1.23. The lowest BCUT2D eigenvalue weighted by atomic mass is 10.1. The summed E-state index contributed by atoms with van der Waals surface area (Å²) >= 11 is 0. The van der Waals surface area contributed by atoms with Crippen LogP contribution in [0.15, 0.2) is 12.1 Å². The number of hydrogen-bond donors (Lipinski definition) is 3. The second-order valence-electron chi connectivity index (χ2n) is 5.33. The minimum atomic E-state index is -5.28. The van der Waals surface area contributed by atoms with Crippen molar-refractivity contribution in [2.24, 2.45) is 5.73 Å². The fraction of sp³-hybridized carbons (Fsp3) is 0.462. The lowest BCUT2D eigenvalue weighted by Crippen LogP contribution is -2.26. The van der Waals surface area contributed by atoms with Gasteiger partial charge in [0.25, 0.3) is 0 Å². The van der Waals surface area contributed by atoms with Gasteiger partial charge in [-0.05, 0) is 12.1 Å². The highest BCUT2D eigenvalue weighted by molar-refractivity contribution is 5.75. The summed E-state index contributed by atoms with van der Waals surface area (Å²) in [5.41, 5.74) is 0.456. The van der Waals surface area contributed by atoms with Crippen molar-refractivity contribution in [3.63, 3.8) is 0 Å². The van der Waals surface area contributed by atoms with Gasteiger partial charge in [0.1, 0.15) is 5.56 Å².